The van der Waals surface area contributed by atoms with Crippen LogP contribution in [-0.2, 0) is 14.3 Å². The van der Waals surface area contributed by atoms with Crippen molar-refractivity contribution in [3.63, 3.8) is 0 Å². The summed E-state index contributed by atoms with van der Waals surface area (Å²) >= 11 is 0. The number of carbonyl (C=O) groups excluding carboxylic acids is 3. The zero-order chi connectivity index (χ0) is 24.9. The van der Waals surface area contributed by atoms with E-state index in [1.165, 1.54) is 0 Å². The minimum Gasteiger partial charge on any atom is -0.444 e. The van der Waals surface area contributed by atoms with Crippen molar-refractivity contribution in [2.45, 2.75) is 98.9 Å². The molecule has 1 aromatic carbocycles. The molecule has 0 aromatic heterocycles. The maximum absolute atomic E-state index is 13.5. The lowest BCUT2D eigenvalue weighted by molar-refractivity contribution is -0.147. The molecule has 0 aliphatic carbocycles. The lowest BCUT2D eigenvalue weighted by atomic mass is 9.91. The van der Waals surface area contributed by atoms with E-state index in [-0.39, 0.29) is 24.4 Å². The fraction of sp³-hybridized carbons (Fsp3) is 0.640. The third-order valence-electron chi connectivity index (χ3n) is 5.35. The number of amides is 3. The molecule has 0 aliphatic heterocycles. The van der Waals surface area contributed by atoms with E-state index in [0.29, 0.717) is 6.42 Å². The van der Waals surface area contributed by atoms with Gasteiger partial charge in [0.15, 0.2) is 0 Å². The minimum atomic E-state index is -0.834. The van der Waals surface area contributed by atoms with Crippen LogP contribution >= 0.6 is 0 Å². The van der Waals surface area contributed by atoms with Crippen molar-refractivity contribution in [2.24, 2.45) is 0 Å². The Kier molecular flexibility index (Phi) is 9.30. The summed E-state index contributed by atoms with van der Waals surface area (Å²) in [6.07, 6.45) is -0.0453. The third kappa shape index (κ3) is 7.84. The molecule has 1 atom stereocenters. The molecule has 3 amide bonds. The van der Waals surface area contributed by atoms with E-state index < -0.39 is 23.3 Å². The van der Waals surface area contributed by atoms with E-state index in [9.17, 15) is 14.4 Å². The van der Waals surface area contributed by atoms with Gasteiger partial charge < -0.3 is 20.3 Å². The molecule has 1 rings (SSSR count). The molecule has 0 saturated heterocycles. The largest absolute Gasteiger partial charge is 0.444 e. The second-order valence-electron chi connectivity index (χ2n) is 10.2. The molecule has 0 bridgehead atoms. The smallest absolute Gasteiger partial charge is 0.408 e. The number of aryl methyl sites for hydroxylation is 2. The highest BCUT2D eigenvalue weighted by Gasteiger charge is 2.40. The van der Waals surface area contributed by atoms with Gasteiger partial charge in [0.1, 0.15) is 18.2 Å². The molecule has 0 radical (unpaired) electrons. The van der Waals surface area contributed by atoms with Gasteiger partial charge in [-0.15, -0.1) is 0 Å². The van der Waals surface area contributed by atoms with Gasteiger partial charge in [-0.05, 0) is 85.4 Å². The Bertz CT molecular complexity index is 825. The van der Waals surface area contributed by atoms with E-state index in [2.05, 4.69) is 10.6 Å². The number of ether oxygens (including phenoxy) is 1. The molecule has 32 heavy (non-hydrogen) atoms. The van der Waals surface area contributed by atoms with Gasteiger partial charge in [-0.3, -0.25) is 9.59 Å². The van der Waals surface area contributed by atoms with Gasteiger partial charge in [-0.1, -0.05) is 25.1 Å². The third-order valence-corrected chi connectivity index (χ3v) is 5.35. The van der Waals surface area contributed by atoms with E-state index in [4.69, 9.17) is 4.74 Å². The monoisotopic (exact) mass is 447 g/mol. The second kappa shape index (κ2) is 10.8. The number of alkyl carbamates (subject to hydrolysis) is 1. The van der Waals surface area contributed by atoms with Crippen LogP contribution in [0, 0.1) is 13.8 Å². The minimum absolute atomic E-state index is 0.0851. The number of nitrogens with one attached hydrogen (secondary N) is 2. The first kappa shape index (κ1) is 27.5. The van der Waals surface area contributed by atoms with Crippen LogP contribution < -0.4 is 10.6 Å². The van der Waals surface area contributed by atoms with Crippen molar-refractivity contribution in [1.29, 1.82) is 0 Å². The number of rotatable bonds is 8. The van der Waals surface area contributed by atoms with Gasteiger partial charge >= 0.3 is 6.09 Å². The molecule has 7 heteroatoms. The van der Waals surface area contributed by atoms with Crippen LogP contribution in [0.15, 0.2) is 18.2 Å². The van der Waals surface area contributed by atoms with Crippen LogP contribution in [0.1, 0.15) is 84.5 Å². The molecule has 1 unspecified atom stereocenters. The predicted octanol–water partition coefficient (Wildman–Crippen LogP) is 4.41. The molecule has 1 aromatic rings. The first-order valence-electron chi connectivity index (χ1n) is 11.3. The Balaban J connectivity index is 3.39. The van der Waals surface area contributed by atoms with E-state index in [1.54, 1.807) is 25.7 Å². The summed E-state index contributed by atoms with van der Waals surface area (Å²) in [4.78, 5) is 40.5. The Hall–Kier alpha value is -2.57. The molecule has 0 spiro atoms. The Morgan fingerprint density at radius 1 is 1.03 bits per heavy atom. The molecule has 7 nitrogen and oxygen atoms in total. The van der Waals surface area contributed by atoms with E-state index in [0.717, 1.165) is 16.7 Å². The predicted molar refractivity (Wildman–Crippen MR) is 127 cm³/mol. The van der Waals surface area contributed by atoms with Gasteiger partial charge in [-0.25, -0.2) is 4.79 Å². The van der Waals surface area contributed by atoms with Crippen molar-refractivity contribution < 1.29 is 19.1 Å². The lowest BCUT2D eigenvalue weighted by Gasteiger charge is -2.43. The highest BCUT2D eigenvalue weighted by Crippen LogP contribution is 2.32. The summed E-state index contributed by atoms with van der Waals surface area (Å²) < 4.78 is 5.25. The molecule has 180 valence electrons. The highest BCUT2D eigenvalue weighted by atomic mass is 16.6. The van der Waals surface area contributed by atoms with E-state index >= 15 is 0 Å². The fourth-order valence-corrected chi connectivity index (χ4v) is 3.26. The molecule has 0 heterocycles. The van der Waals surface area contributed by atoms with Crippen molar-refractivity contribution in [2.75, 3.05) is 6.54 Å². The van der Waals surface area contributed by atoms with Gasteiger partial charge in [0.25, 0.3) is 0 Å². The van der Waals surface area contributed by atoms with Crippen molar-refractivity contribution in [1.82, 2.24) is 15.5 Å². The maximum Gasteiger partial charge on any atom is 0.408 e. The van der Waals surface area contributed by atoms with E-state index in [1.807, 2.05) is 66.7 Å². The van der Waals surface area contributed by atoms with Crippen LogP contribution in [0.5, 0.6) is 0 Å². The standard InChI is InChI=1S/C25H41N3O4/c1-11-25(9,10)28(20(29)15-26-23(31)32-24(6,7)8)21(22(30)27-16(2)3)19-13-12-17(4)18(5)14-19/h12-14,16,21H,11,15H2,1-10H3,(H,26,31)(H,27,30). The van der Waals surface area contributed by atoms with Crippen molar-refractivity contribution in [3.8, 4) is 0 Å². The normalized spacial score (nSPS) is 12.8. The summed E-state index contributed by atoms with van der Waals surface area (Å²) in [5.74, 6) is -0.611. The van der Waals surface area contributed by atoms with Crippen LogP contribution in [0.25, 0.3) is 0 Å². The molecular formula is C25H41N3O4. The average molecular weight is 448 g/mol. The van der Waals surface area contributed by atoms with Crippen molar-refractivity contribution >= 4 is 17.9 Å². The zero-order valence-electron chi connectivity index (χ0n) is 21.4. The Labute approximate surface area is 193 Å². The average Bonchev–Trinajstić information content (AvgIpc) is 2.64. The van der Waals surface area contributed by atoms with Gasteiger partial charge in [0.2, 0.25) is 11.8 Å². The number of nitrogens with zero attached hydrogens (tertiary/aromatic N) is 1. The highest BCUT2D eigenvalue weighted by molar-refractivity contribution is 5.91. The summed E-state index contributed by atoms with van der Waals surface area (Å²) in [5, 5.41) is 5.50. The first-order chi connectivity index (χ1) is 14.6. The number of benzene rings is 1. The fourth-order valence-electron chi connectivity index (χ4n) is 3.26. The van der Waals surface area contributed by atoms with Crippen LogP contribution in [-0.4, -0.2) is 46.5 Å². The van der Waals surface area contributed by atoms with Crippen LogP contribution in [0.2, 0.25) is 0 Å². The first-order valence-corrected chi connectivity index (χ1v) is 11.3. The number of hydrogen-bond donors (Lipinski definition) is 2. The Morgan fingerprint density at radius 2 is 1.62 bits per heavy atom. The van der Waals surface area contributed by atoms with Gasteiger partial charge in [-0.2, -0.15) is 0 Å². The van der Waals surface area contributed by atoms with Crippen LogP contribution in [0.4, 0.5) is 4.79 Å². The quantitative estimate of drug-likeness (QED) is 0.618. The van der Waals surface area contributed by atoms with Gasteiger partial charge in [0.05, 0.1) is 0 Å². The number of carbonyl (C=O) groups is 3. The molecule has 2 N–H and O–H groups in total. The summed E-state index contributed by atoms with van der Waals surface area (Å²) in [7, 11) is 0. The molecule has 0 saturated carbocycles. The van der Waals surface area contributed by atoms with Crippen LogP contribution in [0.3, 0.4) is 0 Å². The molecule has 0 fully saturated rings. The topological polar surface area (TPSA) is 87.7 Å². The Morgan fingerprint density at radius 3 is 2.09 bits per heavy atom. The zero-order valence-corrected chi connectivity index (χ0v) is 21.4. The molecule has 0 aliphatic rings. The number of hydrogen-bond acceptors (Lipinski definition) is 4. The second-order valence-corrected chi connectivity index (χ2v) is 10.2. The summed E-state index contributed by atoms with van der Waals surface area (Å²) in [5.41, 5.74) is 1.58. The van der Waals surface area contributed by atoms with Gasteiger partial charge in [0, 0.05) is 11.6 Å². The molecular weight excluding hydrogens is 406 g/mol. The SMILES string of the molecule is CCC(C)(C)N(C(=O)CNC(=O)OC(C)(C)C)C(C(=O)NC(C)C)c1ccc(C)c(C)c1. The maximum atomic E-state index is 13.5. The summed E-state index contributed by atoms with van der Waals surface area (Å²) in [6, 6.07) is 4.88. The van der Waals surface area contributed by atoms with Crippen molar-refractivity contribution in [3.05, 3.63) is 34.9 Å². The lowest BCUT2D eigenvalue weighted by Crippen LogP contribution is -2.56. The summed E-state index contributed by atoms with van der Waals surface area (Å²) in [6.45, 7) is 18.6.